The molecule has 0 radical (unpaired) electrons. The highest BCUT2D eigenvalue weighted by Gasteiger charge is 2.28. The van der Waals surface area contributed by atoms with Gasteiger partial charge in [-0.2, -0.15) is 0 Å². The van der Waals surface area contributed by atoms with E-state index in [1.807, 2.05) is 0 Å². The number of nitrogens with one attached hydrogen (secondary N) is 2. The van der Waals surface area contributed by atoms with Gasteiger partial charge in [0.2, 0.25) is 10.0 Å². The van der Waals surface area contributed by atoms with Gasteiger partial charge in [0.25, 0.3) is 0 Å². The van der Waals surface area contributed by atoms with Gasteiger partial charge in [0.05, 0.1) is 5.02 Å². The smallest absolute Gasteiger partial charge is 0.242 e. The van der Waals surface area contributed by atoms with Crippen molar-refractivity contribution < 1.29 is 8.42 Å². The van der Waals surface area contributed by atoms with E-state index in [-0.39, 0.29) is 23.3 Å². The second kappa shape index (κ2) is 7.09. The topological polar surface area (TPSA) is 58.2 Å². The molecule has 1 fully saturated rings. The minimum absolute atomic E-state index is 0. The summed E-state index contributed by atoms with van der Waals surface area (Å²) in [6.45, 7) is 5.45. The maximum Gasteiger partial charge on any atom is 0.242 e. The lowest BCUT2D eigenvalue weighted by molar-refractivity contribution is 0.327. The molecular formula is C13H20Cl2N2O2S. The Bertz CT molecular complexity index is 563. The van der Waals surface area contributed by atoms with Crippen molar-refractivity contribution in [2.75, 3.05) is 13.1 Å². The summed E-state index contributed by atoms with van der Waals surface area (Å²) in [5.74, 6) is 0.319. The number of halogens is 2. The van der Waals surface area contributed by atoms with Crippen molar-refractivity contribution in [3.8, 4) is 0 Å². The number of piperidine rings is 1. The first-order valence-electron chi connectivity index (χ1n) is 6.40. The Hall–Kier alpha value is -0.330. The van der Waals surface area contributed by atoms with Crippen LogP contribution in [0, 0.1) is 12.8 Å². The Balaban J connectivity index is 0.00000200. The van der Waals surface area contributed by atoms with Crippen molar-refractivity contribution in [3.05, 3.63) is 28.8 Å². The molecule has 7 heteroatoms. The largest absolute Gasteiger partial charge is 0.315 e. The van der Waals surface area contributed by atoms with Crippen LogP contribution in [0.1, 0.15) is 18.9 Å². The fourth-order valence-corrected chi connectivity index (χ4v) is 4.16. The molecule has 0 aromatic heterocycles. The molecule has 2 unspecified atom stereocenters. The van der Waals surface area contributed by atoms with Crippen molar-refractivity contribution in [1.82, 2.24) is 10.0 Å². The first-order valence-corrected chi connectivity index (χ1v) is 8.26. The van der Waals surface area contributed by atoms with E-state index < -0.39 is 10.0 Å². The normalized spacial score (nSPS) is 23.1. The molecule has 2 N–H and O–H groups in total. The number of hydrogen-bond acceptors (Lipinski definition) is 3. The van der Waals surface area contributed by atoms with Crippen LogP contribution in [0.2, 0.25) is 5.02 Å². The monoisotopic (exact) mass is 338 g/mol. The number of sulfonamides is 1. The molecule has 0 saturated carbocycles. The van der Waals surface area contributed by atoms with Crippen LogP contribution in [-0.4, -0.2) is 27.5 Å². The fourth-order valence-electron chi connectivity index (χ4n) is 2.24. The van der Waals surface area contributed by atoms with Crippen LogP contribution < -0.4 is 10.0 Å². The zero-order valence-corrected chi connectivity index (χ0v) is 13.9. The minimum atomic E-state index is -3.57. The van der Waals surface area contributed by atoms with Gasteiger partial charge in [-0.1, -0.05) is 30.7 Å². The third-order valence-corrected chi connectivity index (χ3v) is 5.73. The Morgan fingerprint density at radius 3 is 2.75 bits per heavy atom. The summed E-state index contributed by atoms with van der Waals surface area (Å²) in [5.41, 5.74) is 0.763. The van der Waals surface area contributed by atoms with Gasteiger partial charge in [-0.05, 0) is 37.4 Å². The molecule has 0 amide bonds. The van der Waals surface area contributed by atoms with E-state index in [4.69, 9.17) is 11.6 Å². The maximum atomic E-state index is 12.4. The van der Waals surface area contributed by atoms with Crippen molar-refractivity contribution in [1.29, 1.82) is 0 Å². The standard InChI is InChI=1S/C13H19ClN2O2S.ClH/c1-9-6-7-15-8-11(9)16-19(17,18)12-5-3-4-10(2)13(12)14;/h3-5,9,11,15-16H,6-8H2,1-2H3;1H. The van der Waals surface area contributed by atoms with Crippen LogP contribution in [0.15, 0.2) is 23.1 Å². The van der Waals surface area contributed by atoms with Crippen molar-refractivity contribution in [3.63, 3.8) is 0 Å². The van der Waals surface area contributed by atoms with Crippen molar-refractivity contribution in [2.24, 2.45) is 5.92 Å². The third kappa shape index (κ3) is 3.86. The molecule has 4 nitrogen and oxygen atoms in total. The summed E-state index contributed by atoms with van der Waals surface area (Å²) in [5, 5.41) is 3.50. The van der Waals surface area contributed by atoms with Gasteiger partial charge in [-0.15, -0.1) is 12.4 Å². The summed E-state index contributed by atoms with van der Waals surface area (Å²) in [7, 11) is -3.57. The molecule has 0 spiro atoms. The Morgan fingerprint density at radius 2 is 2.10 bits per heavy atom. The van der Waals surface area contributed by atoms with E-state index in [0.717, 1.165) is 18.5 Å². The van der Waals surface area contributed by atoms with Crippen molar-refractivity contribution >= 4 is 34.0 Å². The lowest BCUT2D eigenvalue weighted by Gasteiger charge is -2.30. The Morgan fingerprint density at radius 1 is 1.40 bits per heavy atom. The molecule has 1 aromatic carbocycles. The molecule has 0 bridgehead atoms. The summed E-state index contributed by atoms with van der Waals surface area (Å²) in [6.07, 6.45) is 0.967. The van der Waals surface area contributed by atoms with Crippen LogP contribution in [-0.2, 0) is 10.0 Å². The Kier molecular flexibility index (Phi) is 6.28. The predicted molar refractivity (Wildman–Crippen MR) is 84.2 cm³/mol. The fraction of sp³-hybridized carbons (Fsp3) is 0.538. The van der Waals surface area contributed by atoms with Crippen LogP contribution in [0.3, 0.4) is 0 Å². The SMILES string of the molecule is Cc1cccc(S(=O)(=O)NC2CNCCC2C)c1Cl.Cl. The van der Waals surface area contributed by atoms with Crippen molar-refractivity contribution in [2.45, 2.75) is 31.2 Å². The van der Waals surface area contributed by atoms with Crippen LogP contribution >= 0.6 is 24.0 Å². The summed E-state index contributed by atoms with van der Waals surface area (Å²) in [4.78, 5) is 0.159. The van der Waals surface area contributed by atoms with E-state index >= 15 is 0 Å². The highest BCUT2D eigenvalue weighted by atomic mass is 35.5. The van der Waals surface area contributed by atoms with Crippen LogP contribution in [0.5, 0.6) is 0 Å². The van der Waals surface area contributed by atoms with E-state index in [0.29, 0.717) is 17.5 Å². The quantitative estimate of drug-likeness (QED) is 0.889. The highest BCUT2D eigenvalue weighted by molar-refractivity contribution is 7.89. The zero-order valence-electron chi connectivity index (χ0n) is 11.5. The molecule has 2 atom stereocenters. The molecule has 1 aliphatic heterocycles. The van der Waals surface area contributed by atoms with Crippen LogP contribution in [0.4, 0.5) is 0 Å². The lowest BCUT2D eigenvalue weighted by atomic mass is 9.96. The van der Waals surface area contributed by atoms with E-state index in [1.54, 1.807) is 25.1 Å². The average Bonchev–Trinajstić information content (AvgIpc) is 2.35. The number of benzene rings is 1. The van der Waals surface area contributed by atoms with Gasteiger partial charge in [-0.25, -0.2) is 13.1 Å². The minimum Gasteiger partial charge on any atom is -0.315 e. The first kappa shape index (κ1) is 17.7. The molecule has 1 heterocycles. The van der Waals surface area contributed by atoms with Gasteiger partial charge >= 0.3 is 0 Å². The average molecular weight is 339 g/mol. The van der Waals surface area contributed by atoms with Gasteiger partial charge in [0.1, 0.15) is 4.90 Å². The predicted octanol–water partition coefficient (Wildman–Crippen LogP) is 2.35. The molecule has 1 aliphatic rings. The van der Waals surface area contributed by atoms with E-state index in [2.05, 4.69) is 17.0 Å². The molecular weight excluding hydrogens is 319 g/mol. The van der Waals surface area contributed by atoms with Gasteiger partial charge in [-0.3, -0.25) is 0 Å². The van der Waals surface area contributed by atoms with E-state index in [9.17, 15) is 8.42 Å². The van der Waals surface area contributed by atoms with Gasteiger partial charge < -0.3 is 5.32 Å². The van der Waals surface area contributed by atoms with E-state index in [1.165, 1.54) is 0 Å². The molecule has 0 aliphatic carbocycles. The molecule has 1 aromatic rings. The zero-order chi connectivity index (χ0) is 14.0. The number of aryl methyl sites for hydroxylation is 1. The highest BCUT2D eigenvalue weighted by Crippen LogP contribution is 2.25. The second-order valence-electron chi connectivity index (χ2n) is 5.08. The number of rotatable bonds is 3. The molecule has 20 heavy (non-hydrogen) atoms. The summed E-state index contributed by atoms with van der Waals surface area (Å²) >= 11 is 6.10. The Labute approximate surface area is 131 Å². The van der Waals surface area contributed by atoms with Crippen LogP contribution in [0.25, 0.3) is 0 Å². The maximum absolute atomic E-state index is 12.4. The molecule has 114 valence electrons. The van der Waals surface area contributed by atoms with Gasteiger partial charge in [0.15, 0.2) is 0 Å². The summed E-state index contributed by atoms with van der Waals surface area (Å²) in [6, 6.07) is 4.96. The third-order valence-electron chi connectivity index (χ3n) is 3.58. The number of hydrogen-bond donors (Lipinski definition) is 2. The van der Waals surface area contributed by atoms with Gasteiger partial charge in [0, 0.05) is 12.6 Å². The second-order valence-corrected chi connectivity index (χ2v) is 7.15. The molecule has 2 rings (SSSR count). The lowest BCUT2D eigenvalue weighted by Crippen LogP contribution is -2.50. The first-order chi connectivity index (χ1) is 8.92. The summed E-state index contributed by atoms with van der Waals surface area (Å²) < 4.78 is 27.5. The molecule has 1 saturated heterocycles.